The normalized spacial score (nSPS) is 13.1. The number of rotatable bonds is 4. The fourth-order valence-corrected chi connectivity index (χ4v) is 2.19. The Balaban J connectivity index is 2.82. The molecule has 3 nitrogen and oxygen atoms in total. The maximum atomic E-state index is 12.1. The highest BCUT2D eigenvalue weighted by atomic mass is 79.9. The number of carbonyl (C=O) groups excluding carboxylic acids is 1. The standard InChI is InChI=1S/C14H20BrNO2/c1-14(2,3)12(8-9-15)16-13(18)10-6-4-5-7-11(10)17/h4-7,12,17H,8-9H2,1-3H3,(H,16,18). The first-order chi connectivity index (χ1) is 8.36. The first-order valence-electron chi connectivity index (χ1n) is 6.01. The van der Waals surface area contributed by atoms with Gasteiger partial charge in [0.25, 0.3) is 5.91 Å². The number of phenols is 1. The molecule has 0 spiro atoms. The minimum Gasteiger partial charge on any atom is -0.507 e. The third-order valence-electron chi connectivity index (χ3n) is 2.90. The van der Waals surface area contributed by atoms with Crippen LogP contribution in [0, 0.1) is 5.41 Å². The molecule has 100 valence electrons. The van der Waals surface area contributed by atoms with Gasteiger partial charge in [-0.2, -0.15) is 0 Å². The van der Waals surface area contributed by atoms with E-state index in [1.54, 1.807) is 18.2 Å². The van der Waals surface area contributed by atoms with Gasteiger partial charge in [0.2, 0.25) is 0 Å². The fourth-order valence-electron chi connectivity index (χ4n) is 1.73. The van der Waals surface area contributed by atoms with Crippen LogP contribution < -0.4 is 5.32 Å². The SMILES string of the molecule is CC(C)(C)C(CCBr)NC(=O)c1ccccc1O. The number of para-hydroxylation sites is 1. The Bertz CT molecular complexity index is 413. The number of alkyl halides is 1. The van der Waals surface area contributed by atoms with Gasteiger partial charge >= 0.3 is 0 Å². The van der Waals surface area contributed by atoms with Gasteiger partial charge in [0.05, 0.1) is 5.56 Å². The predicted octanol–water partition coefficient (Wildman–Crippen LogP) is 3.32. The zero-order valence-corrected chi connectivity index (χ0v) is 12.6. The van der Waals surface area contributed by atoms with Crippen molar-refractivity contribution in [2.24, 2.45) is 5.41 Å². The van der Waals surface area contributed by atoms with Crippen molar-refractivity contribution in [1.29, 1.82) is 0 Å². The van der Waals surface area contributed by atoms with Crippen LogP contribution >= 0.6 is 15.9 Å². The molecule has 2 N–H and O–H groups in total. The minimum absolute atomic E-state index is 0.0153. The van der Waals surface area contributed by atoms with E-state index in [1.807, 2.05) is 0 Å². The lowest BCUT2D eigenvalue weighted by molar-refractivity contribution is 0.0898. The van der Waals surface area contributed by atoms with E-state index in [2.05, 4.69) is 42.0 Å². The summed E-state index contributed by atoms with van der Waals surface area (Å²) in [6.45, 7) is 6.27. The Hall–Kier alpha value is -1.03. The molecule has 4 heteroatoms. The highest BCUT2D eigenvalue weighted by Crippen LogP contribution is 2.24. The van der Waals surface area contributed by atoms with Crippen LogP contribution in [0.3, 0.4) is 0 Å². The predicted molar refractivity (Wildman–Crippen MR) is 77.2 cm³/mol. The van der Waals surface area contributed by atoms with Crippen LogP contribution in [0.15, 0.2) is 24.3 Å². The van der Waals surface area contributed by atoms with Gasteiger partial charge < -0.3 is 10.4 Å². The summed E-state index contributed by atoms with van der Waals surface area (Å²) in [6, 6.07) is 6.64. The van der Waals surface area contributed by atoms with E-state index >= 15 is 0 Å². The molecule has 0 saturated carbocycles. The quantitative estimate of drug-likeness (QED) is 0.838. The van der Waals surface area contributed by atoms with Crippen molar-refractivity contribution in [2.75, 3.05) is 5.33 Å². The highest BCUT2D eigenvalue weighted by Gasteiger charge is 2.26. The van der Waals surface area contributed by atoms with Crippen LogP contribution in [0.1, 0.15) is 37.6 Å². The van der Waals surface area contributed by atoms with E-state index in [9.17, 15) is 9.90 Å². The van der Waals surface area contributed by atoms with Gasteiger partial charge in [-0.25, -0.2) is 0 Å². The Morgan fingerprint density at radius 2 is 2.00 bits per heavy atom. The molecule has 0 aromatic heterocycles. The molecule has 1 amide bonds. The first kappa shape index (κ1) is 15.0. The van der Waals surface area contributed by atoms with Crippen molar-refractivity contribution >= 4 is 21.8 Å². The molecule has 1 aromatic carbocycles. The van der Waals surface area contributed by atoms with Crippen LogP contribution in [-0.2, 0) is 0 Å². The monoisotopic (exact) mass is 313 g/mol. The number of halogens is 1. The molecular weight excluding hydrogens is 294 g/mol. The van der Waals surface area contributed by atoms with E-state index in [0.717, 1.165) is 11.8 Å². The van der Waals surface area contributed by atoms with Crippen molar-refractivity contribution in [1.82, 2.24) is 5.32 Å². The molecule has 1 rings (SSSR count). The summed E-state index contributed by atoms with van der Waals surface area (Å²) in [5.41, 5.74) is 0.301. The van der Waals surface area contributed by atoms with Gasteiger partial charge in [0.15, 0.2) is 0 Å². The maximum absolute atomic E-state index is 12.1. The zero-order chi connectivity index (χ0) is 13.8. The molecule has 0 radical (unpaired) electrons. The molecule has 18 heavy (non-hydrogen) atoms. The fraction of sp³-hybridized carbons (Fsp3) is 0.500. The minimum atomic E-state index is -0.228. The van der Waals surface area contributed by atoms with Crippen molar-refractivity contribution in [3.63, 3.8) is 0 Å². The summed E-state index contributed by atoms with van der Waals surface area (Å²) in [7, 11) is 0. The lowest BCUT2D eigenvalue weighted by Crippen LogP contribution is -2.44. The number of benzene rings is 1. The molecular formula is C14H20BrNO2. The van der Waals surface area contributed by atoms with Crippen molar-refractivity contribution in [3.8, 4) is 5.75 Å². The first-order valence-corrected chi connectivity index (χ1v) is 7.13. The molecule has 0 aliphatic heterocycles. The Morgan fingerprint density at radius 1 is 1.39 bits per heavy atom. The van der Waals surface area contributed by atoms with Crippen LogP contribution in [0.25, 0.3) is 0 Å². The largest absolute Gasteiger partial charge is 0.507 e. The highest BCUT2D eigenvalue weighted by molar-refractivity contribution is 9.09. The molecule has 0 fully saturated rings. The molecule has 1 atom stereocenters. The molecule has 1 unspecified atom stereocenters. The van der Waals surface area contributed by atoms with Crippen molar-refractivity contribution in [3.05, 3.63) is 29.8 Å². The summed E-state index contributed by atoms with van der Waals surface area (Å²) in [4.78, 5) is 12.1. The zero-order valence-electron chi connectivity index (χ0n) is 11.0. The van der Waals surface area contributed by atoms with Crippen LogP contribution in [-0.4, -0.2) is 22.4 Å². The van der Waals surface area contributed by atoms with Crippen LogP contribution in [0.5, 0.6) is 5.75 Å². The van der Waals surface area contributed by atoms with Gasteiger partial charge in [-0.05, 0) is 24.0 Å². The molecule has 1 aromatic rings. The Morgan fingerprint density at radius 3 is 2.50 bits per heavy atom. The number of phenolic OH excluding ortho intramolecular Hbond substituents is 1. The lowest BCUT2D eigenvalue weighted by atomic mass is 9.85. The van der Waals surface area contributed by atoms with Gasteiger partial charge in [0.1, 0.15) is 5.75 Å². The summed E-state index contributed by atoms with van der Waals surface area (Å²) in [5.74, 6) is -0.213. The number of nitrogens with one attached hydrogen (secondary N) is 1. The second-order valence-corrected chi connectivity index (χ2v) is 6.18. The third-order valence-corrected chi connectivity index (χ3v) is 3.36. The smallest absolute Gasteiger partial charge is 0.255 e. The van der Waals surface area contributed by atoms with Gasteiger partial charge in [-0.15, -0.1) is 0 Å². The number of hydrogen-bond acceptors (Lipinski definition) is 2. The molecule has 0 bridgehead atoms. The number of carbonyl (C=O) groups is 1. The number of aromatic hydroxyl groups is 1. The van der Waals surface area contributed by atoms with Gasteiger partial charge in [-0.1, -0.05) is 48.8 Å². The number of hydrogen-bond donors (Lipinski definition) is 2. The molecule has 0 aliphatic carbocycles. The van der Waals surface area contributed by atoms with E-state index in [1.165, 1.54) is 6.07 Å². The van der Waals surface area contributed by atoms with Crippen molar-refractivity contribution in [2.45, 2.75) is 33.2 Å². The van der Waals surface area contributed by atoms with Gasteiger partial charge in [-0.3, -0.25) is 4.79 Å². The van der Waals surface area contributed by atoms with E-state index in [4.69, 9.17) is 0 Å². The Labute approximate surface area is 117 Å². The number of amides is 1. The summed E-state index contributed by atoms with van der Waals surface area (Å²) in [5, 5.41) is 13.5. The topological polar surface area (TPSA) is 49.3 Å². The summed E-state index contributed by atoms with van der Waals surface area (Å²) in [6.07, 6.45) is 0.850. The van der Waals surface area contributed by atoms with Gasteiger partial charge in [0, 0.05) is 11.4 Å². The summed E-state index contributed by atoms with van der Waals surface area (Å²) >= 11 is 3.40. The van der Waals surface area contributed by atoms with E-state index in [-0.39, 0.29) is 23.1 Å². The molecule has 0 saturated heterocycles. The Kier molecular flexibility index (Phi) is 5.20. The van der Waals surface area contributed by atoms with Crippen LogP contribution in [0.4, 0.5) is 0 Å². The second kappa shape index (κ2) is 6.23. The van der Waals surface area contributed by atoms with E-state index in [0.29, 0.717) is 5.56 Å². The van der Waals surface area contributed by atoms with Crippen LogP contribution in [0.2, 0.25) is 0 Å². The average Bonchev–Trinajstić information content (AvgIpc) is 2.27. The molecule has 0 heterocycles. The molecule has 0 aliphatic rings. The van der Waals surface area contributed by atoms with Crippen molar-refractivity contribution < 1.29 is 9.90 Å². The average molecular weight is 314 g/mol. The maximum Gasteiger partial charge on any atom is 0.255 e. The summed E-state index contributed by atoms with van der Waals surface area (Å²) < 4.78 is 0. The third kappa shape index (κ3) is 4.02. The van der Waals surface area contributed by atoms with E-state index < -0.39 is 0 Å². The second-order valence-electron chi connectivity index (χ2n) is 5.39. The lowest BCUT2D eigenvalue weighted by Gasteiger charge is -2.31.